The van der Waals surface area contributed by atoms with Gasteiger partial charge in [0.25, 0.3) is 5.91 Å². The monoisotopic (exact) mass is 584 g/mol. The van der Waals surface area contributed by atoms with Crippen molar-refractivity contribution in [2.24, 2.45) is 0 Å². The van der Waals surface area contributed by atoms with Crippen molar-refractivity contribution >= 4 is 34.1 Å². The molecule has 0 aliphatic rings. The highest BCUT2D eigenvalue weighted by atomic mass is 32.1. The first-order valence-electron chi connectivity index (χ1n) is 12.2. The number of anilines is 2. The smallest absolute Gasteiger partial charge is 0.379 e. The summed E-state index contributed by atoms with van der Waals surface area (Å²) in [6, 6.07) is 7.95. The first kappa shape index (κ1) is 29.2. The van der Waals surface area contributed by atoms with Crippen LogP contribution in [-0.2, 0) is 4.79 Å². The highest BCUT2D eigenvalue weighted by Crippen LogP contribution is 2.42. The number of carbonyl (C=O) groups excluding carboxylic acids is 2. The van der Waals surface area contributed by atoms with Crippen LogP contribution in [0.4, 0.5) is 10.9 Å². The molecule has 216 valence electrons. The predicted molar refractivity (Wildman–Crippen MR) is 149 cm³/mol. The van der Waals surface area contributed by atoms with E-state index in [2.05, 4.69) is 25.9 Å². The fourth-order valence-electron chi connectivity index (χ4n) is 3.68. The molecule has 0 fully saturated rings. The van der Waals surface area contributed by atoms with Crippen molar-refractivity contribution < 1.29 is 33.3 Å². The molecule has 15 heteroatoms. The number of aliphatic hydroxyl groups is 1. The van der Waals surface area contributed by atoms with Crippen molar-refractivity contribution in [3.8, 4) is 33.5 Å². The third kappa shape index (κ3) is 6.88. The number of benzene rings is 1. The Morgan fingerprint density at radius 3 is 2.46 bits per heavy atom. The summed E-state index contributed by atoms with van der Waals surface area (Å²) in [5, 5.41) is 27.7. The zero-order valence-electron chi connectivity index (χ0n) is 22.9. The third-order valence-corrected chi connectivity index (χ3v) is 6.37. The molecule has 0 bridgehead atoms. The maximum atomic E-state index is 13.2. The zero-order chi connectivity index (χ0) is 29.7. The van der Waals surface area contributed by atoms with Gasteiger partial charge in [-0.25, -0.2) is 4.79 Å². The summed E-state index contributed by atoms with van der Waals surface area (Å²) < 4.78 is 23.5. The summed E-state index contributed by atoms with van der Waals surface area (Å²) in [5.41, 5.74) is -1.42. The molecule has 2 amide bonds. The van der Waals surface area contributed by atoms with E-state index in [0.717, 1.165) is 11.3 Å². The molecule has 0 spiro atoms. The van der Waals surface area contributed by atoms with E-state index in [0.29, 0.717) is 22.9 Å². The van der Waals surface area contributed by atoms with Crippen LogP contribution in [0.25, 0.3) is 16.3 Å². The molecule has 3 heterocycles. The van der Waals surface area contributed by atoms with Gasteiger partial charge in [-0.1, -0.05) is 17.4 Å². The van der Waals surface area contributed by atoms with Gasteiger partial charge in [0.2, 0.25) is 21.9 Å². The van der Waals surface area contributed by atoms with Crippen molar-refractivity contribution in [2.75, 3.05) is 31.5 Å². The van der Waals surface area contributed by atoms with Crippen molar-refractivity contribution in [3.05, 3.63) is 52.7 Å². The molecule has 14 nitrogen and oxygen atoms in total. The van der Waals surface area contributed by atoms with E-state index in [-0.39, 0.29) is 46.3 Å². The number of aromatic nitrogens is 4. The van der Waals surface area contributed by atoms with Crippen LogP contribution in [0.5, 0.6) is 17.2 Å². The quantitative estimate of drug-likeness (QED) is 0.236. The Bertz CT molecular complexity index is 1600. The van der Waals surface area contributed by atoms with Crippen molar-refractivity contribution in [3.63, 3.8) is 0 Å². The molecule has 3 N–H and O–H groups in total. The van der Waals surface area contributed by atoms with Crippen molar-refractivity contribution in [1.82, 2.24) is 20.0 Å². The number of rotatable bonds is 11. The Balaban J connectivity index is 1.70. The molecule has 4 rings (SSSR count). The Morgan fingerprint density at radius 1 is 1.12 bits per heavy atom. The Labute approximate surface area is 237 Å². The summed E-state index contributed by atoms with van der Waals surface area (Å²) in [5.74, 6) is -0.528. The number of hydrogen-bond acceptors (Lipinski definition) is 12. The highest BCUT2D eigenvalue weighted by molar-refractivity contribution is 7.17. The van der Waals surface area contributed by atoms with Crippen LogP contribution in [-0.4, -0.2) is 63.3 Å². The molecular weight excluding hydrogens is 556 g/mol. The van der Waals surface area contributed by atoms with E-state index in [4.69, 9.17) is 18.6 Å². The van der Waals surface area contributed by atoms with Gasteiger partial charge >= 0.3 is 5.63 Å². The largest absolute Gasteiger partial charge is 0.496 e. The molecule has 0 atom stereocenters. The van der Waals surface area contributed by atoms with Crippen LogP contribution in [0.15, 0.2) is 45.7 Å². The Morgan fingerprint density at radius 2 is 1.83 bits per heavy atom. The molecule has 0 aliphatic heterocycles. The molecule has 0 unspecified atom stereocenters. The van der Waals surface area contributed by atoms with Crippen molar-refractivity contribution in [1.29, 1.82) is 0 Å². The minimum absolute atomic E-state index is 0.00820. The highest BCUT2D eigenvalue weighted by Gasteiger charge is 2.25. The first-order valence-corrected chi connectivity index (χ1v) is 13.0. The van der Waals surface area contributed by atoms with Crippen LogP contribution in [0.3, 0.4) is 0 Å². The predicted octanol–water partition coefficient (Wildman–Crippen LogP) is 3.11. The second kappa shape index (κ2) is 12.2. The lowest BCUT2D eigenvalue weighted by atomic mass is 10.0. The van der Waals surface area contributed by atoms with E-state index in [1.165, 1.54) is 38.1 Å². The minimum atomic E-state index is -1.04. The van der Waals surface area contributed by atoms with Gasteiger partial charge in [0.15, 0.2) is 5.76 Å². The molecule has 41 heavy (non-hydrogen) atoms. The number of nitrogens with zero attached hydrogens (tertiary/aromatic N) is 4. The zero-order valence-corrected chi connectivity index (χ0v) is 23.7. The minimum Gasteiger partial charge on any atom is -0.496 e. The fraction of sp³-hybridized carbons (Fsp3) is 0.308. The number of hydrogen-bond donors (Lipinski definition) is 3. The first-order chi connectivity index (χ1) is 19.5. The third-order valence-electron chi connectivity index (χ3n) is 5.55. The lowest BCUT2D eigenvalue weighted by molar-refractivity contribution is -0.114. The van der Waals surface area contributed by atoms with Gasteiger partial charge in [0.05, 0.1) is 38.2 Å². The number of nitrogens with one attached hydrogen (secondary N) is 2. The number of amides is 2. The molecule has 0 radical (unpaired) electrons. The van der Waals surface area contributed by atoms with Gasteiger partial charge in [-0.05, 0) is 32.0 Å². The molecular formula is C26H28N6O8S. The van der Waals surface area contributed by atoms with Gasteiger partial charge < -0.3 is 29.1 Å². The Kier molecular flexibility index (Phi) is 8.68. The van der Waals surface area contributed by atoms with Gasteiger partial charge in [-0.3, -0.25) is 14.9 Å². The van der Waals surface area contributed by atoms with Crippen LogP contribution in [0.2, 0.25) is 0 Å². The molecule has 3 aromatic heterocycles. The number of ether oxygens (including phenoxy) is 3. The SMILES string of the molecule is COc1cccc(OC)c1-c1cc(C(=O)Nc2nnc(-n3nccc3NC(C)=O)s2)oc(=O)c1OCCC(C)(C)O. The van der Waals surface area contributed by atoms with Gasteiger partial charge in [-0.15, -0.1) is 10.2 Å². The van der Waals surface area contributed by atoms with Crippen LogP contribution < -0.4 is 30.5 Å². The normalized spacial score (nSPS) is 11.2. The topological polar surface area (TPSA) is 180 Å². The standard InChI is InChI=1S/C26H28N6O8S/c1-14(33)28-19-9-11-27-32(19)25-31-30-24(41-25)29-22(34)18-13-15(20-16(37-4)7-6-8-17(20)38-5)21(23(35)40-18)39-12-10-26(2,3)36/h6-9,11,13,36H,10,12H2,1-5H3,(H,28,33)(H,29,30,34). The summed E-state index contributed by atoms with van der Waals surface area (Å²) in [7, 11) is 2.91. The van der Waals surface area contributed by atoms with E-state index < -0.39 is 17.1 Å². The average Bonchev–Trinajstić information content (AvgIpc) is 3.57. The van der Waals surface area contributed by atoms with Crippen LogP contribution in [0.1, 0.15) is 37.7 Å². The molecule has 4 aromatic rings. The van der Waals surface area contributed by atoms with Crippen molar-refractivity contribution in [2.45, 2.75) is 32.8 Å². The van der Waals surface area contributed by atoms with E-state index in [1.807, 2.05) is 0 Å². The number of methoxy groups -OCH3 is 2. The summed E-state index contributed by atoms with van der Waals surface area (Å²) in [6.07, 6.45) is 1.69. The second-order valence-corrected chi connectivity index (χ2v) is 10.2. The van der Waals surface area contributed by atoms with E-state index in [1.54, 1.807) is 38.1 Å². The van der Waals surface area contributed by atoms with Crippen LogP contribution in [0, 0.1) is 0 Å². The molecule has 0 saturated heterocycles. The second-order valence-electron chi connectivity index (χ2n) is 9.24. The fourth-order valence-corrected chi connectivity index (χ4v) is 4.39. The Hall–Kier alpha value is -4.76. The maximum absolute atomic E-state index is 13.2. The van der Waals surface area contributed by atoms with Gasteiger partial charge in [-0.2, -0.15) is 9.78 Å². The van der Waals surface area contributed by atoms with Gasteiger partial charge in [0, 0.05) is 25.0 Å². The molecule has 0 saturated carbocycles. The summed E-state index contributed by atoms with van der Waals surface area (Å²) >= 11 is 0.975. The summed E-state index contributed by atoms with van der Waals surface area (Å²) in [4.78, 5) is 37.8. The van der Waals surface area contributed by atoms with E-state index >= 15 is 0 Å². The molecule has 1 aromatic carbocycles. The summed E-state index contributed by atoms with van der Waals surface area (Å²) in [6.45, 7) is 4.58. The van der Waals surface area contributed by atoms with Gasteiger partial charge in [0.1, 0.15) is 17.3 Å². The lowest BCUT2D eigenvalue weighted by Gasteiger charge is -2.19. The van der Waals surface area contributed by atoms with Crippen LogP contribution >= 0.6 is 11.3 Å². The lowest BCUT2D eigenvalue weighted by Crippen LogP contribution is -2.23. The van der Waals surface area contributed by atoms with E-state index in [9.17, 15) is 19.5 Å². The average molecular weight is 585 g/mol. The maximum Gasteiger partial charge on any atom is 0.379 e. The molecule has 0 aliphatic carbocycles. The number of carbonyl (C=O) groups is 2.